The highest BCUT2D eigenvalue weighted by molar-refractivity contribution is 6.06. The van der Waals surface area contributed by atoms with Crippen molar-refractivity contribution in [3.05, 3.63) is 42.2 Å². The van der Waals surface area contributed by atoms with Crippen LogP contribution in [0, 0.1) is 0 Å². The Hall–Kier alpha value is -2.83. The summed E-state index contributed by atoms with van der Waals surface area (Å²) in [5, 5.41) is 20.5. The van der Waals surface area contributed by atoms with Crippen LogP contribution in [0.3, 0.4) is 0 Å². The number of nitrogens with zero attached hydrogens (tertiary/aromatic N) is 4. The molecule has 0 aliphatic heterocycles. The summed E-state index contributed by atoms with van der Waals surface area (Å²) in [5.74, 6) is 0.232. The zero-order chi connectivity index (χ0) is 12.5. The molecule has 1 aromatic carbocycles. The summed E-state index contributed by atoms with van der Waals surface area (Å²) in [6.07, 6.45) is 1.76. The van der Waals surface area contributed by atoms with Crippen LogP contribution in [-0.2, 0) is 0 Å². The molecule has 0 spiro atoms. The number of aromatic nitrogens is 3. The van der Waals surface area contributed by atoms with Gasteiger partial charge in [0, 0.05) is 6.20 Å². The summed E-state index contributed by atoms with van der Waals surface area (Å²) in [4.78, 5) is 0. The van der Waals surface area contributed by atoms with Gasteiger partial charge in [-0.2, -0.15) is 0 Å². The summed E-state index contributed by atoms with van der Waals surface area (Å²) < 4.78 is 6.17. The van der Waals surface area contributed by atoms with E-state index in [1.165, 1.54) is 0 Å². The van der Waals surface area contributed by atoms with Gasteiger partial charge in [-0.1, -0.05) is 23.4 Å². The highest BCUT2D eigenvalue weighted by Gasteiger charge is 2.18. The number of benzene rings is 1. The van der Waals surface area contributed by atoms with E-state index in [1.54, 1.807) is 10.8 Å². The number of oxime groups is 1. The molecule has 0 saturated heterocycles. The lowest BCUT2D eigenvalue weighted by molar-refractivity contribution is 0.304. The molecule has 7 heteroatoms. The molecular weight excluding hydrogens is 234 g/mol. The van der Waals surface area contributed by atoms with E-state index in [1.807, 2.05) is 30.3 Å². The van der Waals surface area contributed by atoms with Gasteiger partial charge in [0.15, 0.2) is 11.5 Å². The lowest BCUT2D eigenvalue weighted by Crippen LogP contribution is -2.14. The molecule has 18 heavy (non-hydrogen) atoms. The van der Waals surface area contributed by atoms with Crippen LogP contribution in [0.25, 0.3) is 10.9 Å². The van der Waals surface area contributed by atoms with E-state index in [4.69, 9.17) is 10.9 Å². The summed E-state index contributed by atoms with van der Waals surface area (Å²) in [7, 11) is 0. The number of hydrogen-bond donors (Lipinski definition) is 2. The van der Waals surface area contributed by atoms with Gasteiger partial charge in [0.2, 0.25) is 5.84 Å². The number of fused-ring (bicyclic) bond motifs is 1. The first-order valence-corrected chi connectivity index (χ1v) is 5.18. The highest BCUT2D eigenvalue weighted by Crippen LogP contribution is 2.18. The van der Waals surface area contributed by atoms with Gasteiger partial charge >= 0.3 is 0 Å². The third-order valence-corrected chi connectivity index (χ3v) is 2.65. The van der Waals surface area contributed by atoms with Crippen molar-refractivity contribution < 1.29 is 9.84 Å². The maximum absolute atomic E-state index is 9.16. The molecule has 0 aliphatic rings. The number of hydrogen-bond acceptors (Lipinski definition) is 6. The number of anilines is 1. The molecule has 3 N–H and O–H groups in total. The van der Waals surface area contributed by atoms with Crippen molar-refractivity contribution in [2.45, 2.75) is 0 Å². The molecular formula is C11H9N5O2. The molecule has 0 saturated carbocycles. The van der Waals surface area contributed by atoms with Gasteiger partial charge in [-0.3, -0.25) is 4.57 Å². The Morgan fingerprint density at radius 3 is 2.83 bits per heavy atom. The van der Waals surface area contributed by atoms with Crippen LogP contribution in [0.5, 0.6) is 0 Å². The molecule has 90 valence electrons. The number of nitrogen functional groups attached to an aromatic ring is 1. The van der Waals surface area contributed by atoms with Crippen LogP contribution < -0.4 is 5.73 Å². The van der Waals surface area contributed by atoms with Crippen LogP contribution in [0.4, 0.5) is 5.82 Å². The molecule has 0 unspecified atom stereocenters. The van der Waals surface area contributed by atoms with E-state index in [0.29, 0.717) is 0 Å². The first-order chi connectivity index (χ1) is 8.81. The van der Waals surface area contributed by atoms with E-state index >= 15 is 0 Å². The molecule has 2 heterocycles. The van der Waals surface area contributed by atoms with Crippen molar-refractivity contribution in [3.8, 4) is 0 Å². The average Bonchev–Trinajstić information content (AvgIpc) is 2.99. The van der Waals surface area contributed by atoms with Gasteiger partial charge in [0.05, 0.1) is 5.52 Å². The van der Waals surface area contributed by atoms with E-state index in [0.717, 1.165) is 10.9 Å². The predicted octanol–water partition coefficient (Wildman–Crippen LogP) is 1.29. The fourth-order valence-corrected chi connectivity index (χ4v) is 1.83. The zero-order valence-electron chi connectivity index (χ0n) is 9.19. The van der Waals surface area contributed by atoms with Gasteiger partial charge in [0.25, 0.3) is 0 Å². The molecule has 7 nitrogen and oxygen atoms in total. The Morgan fingerprint density at radius 2 is 2.11 bits per heavy atom. The van der Waals surface area contributed by atoms with Gasteiger partial charge in [-0.05, 0) is 27.8 Å². The fourth-order valence-electron chi connectivity index (χ4n) is 1.83. The molecule has 2 aromatic heterocycles. The van der Waals surface area contributed by atoms with Crippen molar-refractivity contribution in [1.82, 2.24) is 14.9 Å². The maximum atomic E-state index is 9.16. The van der Waals surface area contributed by atoms with Crippen LogP contribution in [0.1, 0.15) is 5.69 Å². The first-order valence-electron chi connectivity index (χ1n) is 5.18. The second-order valence-corrected chi connectivity index (χ2v) is 3.67. The minimum absolute atomic E-state index is 0.0700. The molecule has 0 atom stereocenters. The Balaban J connectivity index is 2.22. The number of nitrogens with two attached hydrogens (primary N) is 1. The van der Waals surface area contributed by atoms with Crippen LogP contribution in [-0.4, -0.2) is 25.9 Å². The van der Waals surface area contributed by atoms with E-state index in [-0.39, 0.29) is 17.3 Å². The predicted molar refractivity (Wildman–Crippen MR) is 64.4 cm³/mol. The SMILES string of the molecule is Nc1nonc1/C(=N/O)n1ccc2ccccc21. The van der Waals surface area contributed by atoms with E-state index in [9.17, 15) is 0 Å². The molecule has 0 aliphatic carbocycles. The van der Waals surface area contributed by atoms with Gasteiger partial charge in [0.1, 0.15) is 0 Å². The highest BCUT2D eigenvalue weighted by atomic mass is 16.6. The molecule has 0 fully saturated rings. The number of para-hydroxylation sites is 1. The van der Waals surface area contributed by atoms with Gasteiger partial charge < -0.3 is 10.9 Å². The normalized spacial score (nSPS) is 12.1. The fraction of sp³-hybridized carbons (Fsp3) is 0. The Labute approximate surface area is 101 Å². The quantitative estimate of drug-likeness (QED) is 0.290. The van der Waals surface area contributed by atoms with Crippen LogP contribution in [0.15, 0.2) is 46.3 Å². The Kier molecular flexibility index (Phi) is 2.23. The maximum Gasteiger partial charge on any atom is 0.210 e. The molecule has 0 amide bonds. The van der Waals surface area contributed by atoms with Crippen LogP contribution >= 0.6 is 0 Å². The monoisotopic (exact) mass is 243 g/mol. The second-order valence-electron chi connectivity index (χ2n) is 3.67. The largest absolute Gasteiger partial charge is 0.409 e. The summed E-state index contributed by atoms with van der Waals surface area (Å²) in [5.41, 5.74) is 6.66. The Bertz CT molecular complexity index is 728. The van der Waals surface area contributed by atoms with Crippen molar-refractivity contribution in [1.29, 1.82) is 0 Å². The van der Waals surface area contributed by atoms with Crippen LogP contribution in [0.2, 0.25) is 0 Å². The molecule has 3 rings (SSSR count). The Morgan fingerprint density at radius 1 is 1.28 bits per heavy atom. The van der Waals surface area contributed by atoms with Gasteiger partial charge in [-0.25, -0.2) is 4.63 Å². The van der Waals surface area contributed by atoms with Gasteiger partial charge in [-0.15, -0.1) is 0 Å². The molecule has 3 aromatic rings. The second kappa shape index (κ2) is 3.88. The van der Waals surface area contributed by atoms with E-state index in [2.05, 4.69) is 20.1 Å². The lowest BCUT2D eigenvalue weighted by Gasteiger charge is -2.04. The standard InChI is InChI=1S/C11H9N5O2/c12-10-9(14-18-15-10)11(13-17)16-6-5-7-3-1-2-4-8(7)16/h1-6,17H,(H2,12,15)/b13-11-. The summed E-state index contributed by atoms with van der Waals surface area (Å²) >= 11 is 0. The third kappa shape index (κ3) is 1.41. The van der Waals surface area contributed by atoms with Crippen molar-refractivity contribution >= 4 is 22.6 Å². The smallest absolute Gasteiger partial charge is 0.210 e. The molecule has 0 radical (unpaired) electrons. The minimum atomic E-state index is 0.0700. The summed E-state index contributed by atoms with van der Waals surface area (Å²) in [6, 6.07) is 9.55. The van der Waals surface area contributed by atoms with Crippen molar-refractivity contribution in [2.75, 3.05) is 5.73 Å². The van der Waals surface area contributed by atoms with Crippen molar-refractivity contribution in [2.24, 2.45) is 5.16 Å². The number of rotatable bonds is 1. The minimum Gasteiger partial charge on any atom is -0.409 e. The topological polar surface area (TPSA) is 102 Å². The average molecular weight is 243 g/mol. The third-order valence-electron chi connectivity index (χ3n) is 2.65. The van der Waals surface area contributed by atoms with E-state index < -0.39 is 0 Å². The molecule has 0 bridgehead atoms. The lowest BCUT2D eigenvalue weighted by atomic mass is 10.2. The zero-order valence-corrected chi connectivity index (χ0v) is 9.19. The van der Waals surface area contributed by atoms with Crippen molar-refractivity contribution in [3.63, 3.8) is 0 Å². The summed E-state index contributed by atoms with van der Waals surface area (Å²) in [6.45, 7) is 0. The first kappa shape index (κ1) is 10.3.